The molecule has 19 heavy (non-hydrogen) atoms. The highest BCUT2D eigenvalue weighted by Gasteiger charge is 2.38. The lowest BCUT2D eigenvalue weighted by molar-refractivity contribution is 0.193. The number of piperidine rings is 1. The zero-order valence-electron chi connectivity index (χ0n) is 11.6. The van der Waals surface area contributed by atoms with Gasteiger partial charge in [0.15, 0.2) is 4.21 Å². The van der Waals surface area contributed by atoms with Crippen LogP contribution in [0.3, 0.4) is 0 Å². The largest absolute Gasteiger partial charge is 0.329 e. The summed E-state index contributed by atoms with van der Waals surface area (Å²) in [6.07, 6.45) is 1.93. The van der Waals surface area contributed by atoms with E-state index in [0.29, 0.717) is 28.9 Å². The monoisotopic (exact) mass is 303 g/mol. The number of sulfonamides is 1. The molecule has 0 saturated carbocycles. The van der Waals surface area contributed by atoms with Crippen LogP contribution in [0.25, 0.3) is 0 Å². The minimum Gasteiger partial charge on any atom is -0.329 e. The van der Waals surface area contributed by atoms with Gasteiger partial charge in [-0.3, -0.25) is 0 Å². The summed E-state index contributed by atoms with van der Waals surface area (Å²) < 4.78 is 27.5. The van der Waals surface area contributed by atoms with Crippen molar-refractivity contribution in [1.82, 2.24) is 9.29 Å². The quantitative estimate of drug-likeness (QED) is 0.918. The van der Waals surface area contributed by atoms with Crippen LogP contribution in [0.2, 0.25) is 0 Å². The number of aryl methyl sites for hydroxylation is 2. The molecule has 2 heterocycles. The summed E-state index contributed by atoms with van der Waals surface area (Å²) in [4.78, 5) is 4.22. The number of nitrogens with two attached hydrogens (primary N) is 1. The van der Waals surface area contributed by atoms with Gasteiger partial charge < -0.3 is 5.73 Å². The minimum absolute atomic E-state index is 0.0967. The van der Waals surface area contributed by atoms with E-state index >= 15 is 0 Å². The second-order valence-corrected chi connectivity index (χ2v) is 8.43. The van der Waals surface area contributed by atoms with Gasteiger partial charge in [0.05, 0.1) is 10.7 Å². The van der Waals surface area contributed by atoms with Crippen LogP contribution in [-0.2, 0) is 10.0 Å². The highest BCUT2D eigenvalue weighted by molar-refractivity contribution is 7.91. The molecular weight excluding hydrogens is 282 g/mol. The molecule has 1 aliphatic rings. The summed E-state index contributed by atoms with van der Waals surface area (Å²) >= 11 is 1.25. The Labute approximate surface area is 118 Å². The van der Waals surface area contributed by atoms with Crippen molar-refractivity contribution in [3.63, 3.8) is 0 Å². The molecule has 2 N–H and O–H groups in total. The van der Waals surface area contributed by atoms with E-state index in [9.17, 15) is 8.42 Å². The van der Waals surface area contributed by atoms with E-state index in [1.54, 1.807) is 11.2 Å². The zero-order valence-corrected chi connectivity index (χ0v) is 13.2. The van der Waals surface area contributed by atoms with E-state index in [1.807, 2.05) is 6.92 Å². The molecule has 1 saturated heterocycles. The normalized spacial score (nSPS) is 25.7. The average molecular weight is 303 g/mol. The Balaban J connectivity index is 2.40. The lowest BCUT2D eigenvalue weighted by Gasteiger charge is -2.38. The molecule has 0 amide bonds. The van der Waals surface area contributed by atoms with Gasteiger partial charge in [-0.25, -0.2) is 13.4 Å². The van der Waals surface area contributed by atoms with Crippen molar-refractivity contribution in [2.75, 3.05) is 13.1 Å². The minimum atomic E-state index is -3.46. The molecule has 1 aromatic heterocycles. The fourth-order valence-corrected chi connectivity index (χ4v) is 6.08. The van der Waals surface area contributed by atoms with Crippen LogP contribution in [-0.4, -0.2) is 36.8 Å². The molecule has 1 aliphatic heterocycles. The van der Waals surface area contributed by atoms with Gasteiger partial charge in [0.2, 0.25) is 0 Å². The Kier molecular flexibility index (Phi) is 4.29. The fourth-order valence-electron chi connectivity index (χ4n) is 2.72. The van der Waals surface area contributed by atoms with Crippen LogP contribution in [0.4, 0.5) is 0 Å². The summed E-state index contributed by atoms with van der Waals surface area (Å²) in [6, 6.07) is -0.0967. The summed E-state index contributed by atoms with van der Waals surface area (Å²) in [5.41, 5.74) is 6.38. The maximum absolute atomic E-state index is 12.8. The molecule has 108 valence electrons. The molecule has 0 bridgehead atoms. The van der Waals surface area contributed by atoms with Crippen molar-refractivity contribution in [2.24, 2.45) is 11.7 Å². The number of aromatic nitrogens is 1. The second kappa shape index (κ2) is 5.47. The first kappa shape index (κ1) is 14.9. The van der Waals surface area contributed by atoms with E-state index in [1.165, 1.54) is 11.3 Å². The van der Waals surface area contributed by atoms with E-state index in [-0.39, 0.29) is 6.04 Å². The first-order valence-corrected chi connectivity index (χ1v) is 8.79. The van der Waals surface area contributed by atoms with Crippen molar-refractivity contribution < 1.29 is 8.42 Å². The summed E-state index contributed by atoms with van der Waals surface area (Å²) in [7, 11) is -3.46. The predicted molar refractivity (Wildman–Crippen MR) is 76.7 cm³/mol. The van der Waals surface area contributed by atoms with Crippen molar-refractivity contribution in [3.8, 4) is 0 Å². The van der Waals surface area contributed by atoms with E-state index in [2.05, 4.69) is 11.9 Å². The molecule has 0 spiro atoms. The highest BCUT2D eigenvalue weighted by Crippen LogP contribution is 2.32. The lowest BCUT2D eigenvalue weighted by atomic mass is 9.93. The molecule has 0 radical (unpaired) electrons. The maximum Gasteiger partial charge on any atom is 0.254 e. The van der Waals surface area contributed by atoms with Gasteiger partial charge in [0.25, 0.3) is 10.0 Å². The molecule has 2 rings (SSSR count). The molecule has 5 nitrogen and oxygen atoms in total. The SMILES string of the molecule is Cc1nc(C)c(S(=O)(=O)N2CCC[C@H](C)[C@H]2CN)s1. The Bertz CT molecular complexity index is 553. The molecular formula is C12H21N3O2S2. The molecule has 0 aliphatic carbocycles. The first-order valence-electron chi connectivity index (χ1n) is 6.54. The van der Waals surface area contributed by atoms with E-state index in [0.717, 1.165) is 17.8 Å². The van der Waals surface area contributed by atoms with Gasteiger partial charge in [-0.2, -0.15) is 4.31 Å². The van der Waals surface area contributed by atoms with Crippen LogP contribution in [0.1, 0.15) is 30.5 Å². The van der Waals surface area contributed by atoms with Crippen molar-refractivity contribution in [2.45, 2.75) is 43.9 Å². The standard InChI is InChI=1S/C12H21N3O2S2/c1-8-5-4-6-15(11(8)7-13)19(16,17)12-9(2)14-10(3)18-12/h8,11H,4-7,13H2,1-3H3/t8-,11+/m0/s1. The summed E-state index contributed by atoms with van der Waals surface area (Å²) in [5, 5.41) is 0.783. The molecule has 2 atom stereocenters. The number of hydrogen-bond acceptors (Lipinski definition) is 5. The van der Waals surface area contributed by atoms with Crippen LogP contribution < -0.4 is 5.73 Å². The third-order valence-corrected chi connectivity index (χ3v) is 7.29. The van der Waals surface area contributed by atoms with Gasteiger partial charge in [-0.05, 0) is 32.6 Å². The second-order valence-electron chi connectivity index (χ2n) is 5.14. The summed E-state index contributed by atoms with van der Waals surface area (Å²) in [6.45, 7) is 6.59. The van der Waals surface area contributed by atoms with Crippen LogP contribution in [0, 0.1) is 19.8 Å². The van der Waals surface area contributed by atoms with Gasteiger partial charge in [-0.15, -0.1) is 11.3 Å². The van der Waals surface area contributed by atoms with E-state index in [4.69, 9.17) is 5.73 Å². The molecule has 0 unspecified atom stereocenters. The number of nitrogens with zero attached hydrogens (tertiary/aromatic N) is 2. The molecule has 7 heteroatoms. The highest BCUT2D eigenvalue weighted by atomic mass is 32.2. The maximum atomic E-state index is 12.8. The molecule has 0 aromatic carbocycles. The van der Waals surface area contributed by atoms with E-state index < -0.39 is 10.0 Å². The number of hydrogen-bond donors (Lipinski definition) is 1. The van der Waals surface area contributed by atoms with Crippen molar-refractivity contribution in [1.29, 1.82) is 0 Å². The third kappa shape index (κ3) is 2.69. The zero-order chi connectivity index (χ0) is 14.2. The number of thiazole rings is 1. The topological polar surface area (TPSA) is 76.3 Å². The Hall–Kier alpha value is -0.500. The van der Waals surface area contributed by atoms with Crippen LogP contribution in [0.5, 0.6) is 0 Å². The van der Waals surface area contributed by atoms with Crippen LogP contribution >= 0.6 is 11.3 Å². The average Bonchev–Trinajstić information content (AvgIpc) is 2.68. The Morgan fingerprint density at radius 2 is 2.16 bits per heavy atom. The number of rotatable bonds is 3. The van der Waals surface area contributed by atoms with Crippen LogP contribution in [0.15, 0.2) is 4.21 Å². The Morgan fingerprint density at radius 1 is 1.47 bits per heavy atom. The van der Waals surface area contributed by atoms with Gasteiger partial charge in [-0.1, -0.05) is 6.92 Å². The van der Waals surface area contributed by atoms with Gasteiger partial charge in [0, 0.05) is 19.1 Å². The first-order chi connectivity index (χ1) is 8.87. The Morgan fingerprint density at radius 3 is 2.68 bits per heavy atom. The van der Waals surface area contributed by atoms with Gasteiger partial charge >= 0.3 is 0 Å². The third-order valence-electron chi connectivity index (χ3n) is 3.71. The predicted octanol–water partition coefficient (Wildman–Crippen LogP) is 1.51. The molecule has 1 fully saturated rings. The smallest absolute Gasteiger partial charge is 0.254 e. The molecule has 1 aromatic rings. The van der Waals surface area contributed by atoms with Crippen molar-refractivity contribution in [3.05, 3.63) is 10.7 Å². The van der Waals surface area contributed by atoms with Gasteiger partial charge in [0.1, 0.15) is 0 Å². The summed E-state index contributed by atoms with van der Waals surface area (Å²) in [5.74, 6) is 0.308. The lowest BCUT2D eigenvalue weighted by Crippen LogP contribution is -2.51. The fraction of sp³-hybridized carbons (Fsp3) is 0.750. The van der Waals surface area contributed by atoms with Crippen molar-refractivity contribution >= 4 is 21.4 Å².